The molecule has 1 aromatic rings. The molecule has 4 N–H and O–H groups in total. The second-order valence-electron chi connectivity index (χ2n) is 6.30. The minimum atomic E-state index is -1.05. The monoisotopic (exact) mass is 377 g/mol. The Kier molecular flexibility index (Phi) is 8.98. The maximum atomic E-state index is 12.6. The van der Waals surface area contributed by atoms with Crippen LogP contribution in [0.15, 0.2) is 30.3 Å². The van der Waals surface area contributed by atoms with Crippen molar-refractivity contribution in [3.8, 4) is 0 Å². The molecule has 27 heavy (non-hydrogen) atoms. The van der Waals surface area contributed by atoms with Crippen LogP contribution in [-0.4, -0.2) is 42.4 Å². The fraction of sp³-hybridized carbons (Fsp3) is 0.474. The van der Waals surface area contributed by atoms with Gasteiger partial charge < -0.3 is 21.1 Å². The quantitative estimate of drug-likeness (QED) is 0.505. The third-order valence-electron chi connectivity index (χ3n) is 3.91. The molecule has 0 spiro atoms. The van der Waals surface area contributed by atoms with Gasteiger partial charge in [0.25, 0.3) is 0 Å². The zero-order valence-electron chi connectivity index (χ0n) is 15.9. The summed E-state index contributed by atoms with van der Waals surface area (Å²) in [5.41, 5.74) is 6.22. The molecule has 0 saturated carbocycles. The molecule has 0 heterocycles. The number of primary amides is 1. The number of esters is 1. The number of ether oxygens (including phenoxy) is 1. The molecule has 0 fully saturated rings. The molecule has 0 aliphatic heterocycles. The number of carbonyl (C=O) groups is 4. The van der Waals surface area contributed by atoms with Gasteiger partial charge in [-0.2, -0.15) is 0 Å². The van der Waals surface area contributed by atoms with E-state index in [4.69, 9.17) is 10.5 Å². The highest BCUT2D eigenvalue weighted by molar-refractivity contribution is 5.91. The fourth-order valence-electron chi connectivity index (χ4n) is 2.56. The van der Waals surface area contributed by atoms with Gasteiger partial charge in [0.15, 0.2) is 0 Å². The van der Waals surface area contributed by atoms with Gasteiger partial charge in [-0.05, 0) is 18.9 Å². The minimum Gasteiger partial charge on any atom is -0.466 e. The van der Waals surface area contributed by atoms with Crippen molar-refractivity contribution < 1.29 is 23.9 Å². The lowest BCUT2D eigenvalue weighted by atomic mass is 10.00. The highest BCUT2D eigenvalue weighted by Gasteiger charge is 2.28. The lowest BCUT2D eigenvalue weighted by Gasteiger charge is -2.23. The van der Waals surface area contributed by atoms with Gasteiger partial charge in [0, 0.05) is 13.3 Å². The molecular weight excluding hydrogens is 350 g/mol. The summed E-state index contributed by atoms with van der Waals surface area (Å²) in [6, 6.07) is 7.23. The van der Waals surface area contributed by atoms with Crippen LogP contribution in [0, 0.1) is 5.92 Å². The van der Waals surface area contributed by atoms with Gasteiger partial charge in [-0.15, -0.1) is 0 Å². The Balaban J connectivity index is 2.83. The van der Waals surface area contributed by atoms with E-state index in [2.05, 4.69) is 10.6 Å². The van der Waals surface area contributed by atoms with Gasteiger partial charge in [0.05, 0.1) is 12.5 Å². The highest BCUT2D eigenvalue weighted by Crippen LogP contribution is 2.10. The van der Waals surface area contributed by atoms with Gasteiger partial charge in [-0.1, -0.05) is 37.3 Å². The minimum absolute atomic E-state index is 0.0119. The predicted molar refractivity (Wildman–Crippen MR) is 99.3 cm³/mol. The summed E-state index contributed by atoms with van der Waals surface area (Å²) in [5, 5.41) is 5.11. The third-order valence-corrected chi connectivity index (χ3v) is 3.91. The van der Waals surface area contributed by atoms with Crippen LogP contribution in [0.5, 0.6) is 0 Å². The molecule has 1 rings (SSSR count). The first-order valence-corrected chi connectivity index (χ1v) is 8.81. The number of nitrogens with one attached hydrogen (secondary N) is 2. The van der Waals surface area contributed by atoms with Gasteiger partial charge in [-0.25, -0.2) is 0 Å². The van der Waals surface area contributed by atoms with Crippen LogP contribution in [0.2, 0.25) is 0 Å². The van der Waals surface area contributed by atoms with Gasteiger partial charge >= 0.3 is 5.97 Å². The standard InChI is InChI=1S/C19H27N3O5/c1-4-27-19(26)12(2)10-15(17(20)24)22-18(25)16(21-13(3)23)11-14-8-6-5-7-9-14/h5-9,12,15-16H,4,10-11H2,1-3H3,(H2,20,24)(H,21,23)(H,22,25)/t12-,15-,16+/m0/s1. The summed E-state index contributed by atoms with van der Waals surface area (Å²) in [6.45, 7) is 4.80. The molecular formula is C19H27N3O5. The Morgan fingerprint density at radius 2 is 1.70 bits per heavy atom. The molecule has 0 aromatic heterocycles. The fourth-order valence-corrected chi connectivity index (χ4v) is 2.56. The summed E-state index contributed by atoms with van der Waals surface area (Å²) < 4.78 is 4.91. The topological polar surface area (TPSA) is 128 Å². The third kappa shape index (κ3) is 7.89. The van der Waals surface area contributed by atoms with E-state index < -0.39 is 35.8 Å². The number of hydrogen-bond acceptors (Lipinski definition) is 5. The zero-order chi connectivity index (χ0) is 20.4. The normalized spacial score (nSPS) is 13.7. The lowest BCUT2D eigenvalue weighted by Crippen LogP contribution is -2.54. The lowest BCUT2D eigenvalue weighted by molar-refractivity contribution is -0.148. The molecule has 148 valence electrons. The van der Waals surface area contributed by atoms with Crippen LogP contribution in [0.4, 0.5) is 0 Å². The van der Waals surface area contributed by atoms with E-state index in [1.165, 1.54) is 6.92 Å². The Morgan fingerprint density at radius 1 is 1.07 bits per heavy atom. The number of amides is 3. The Bertz CT molecular complexity index is 663. The molecule has 8 nitrogen and oxygen atoms in total. The van der Waals surface area contributed by atoms with Crippen molar-refractivity contribution in [2.45, 2.75) is 45.7 Å². The molecule has 0 bridgehead atoms. The van der Waals surface area contributed by atoms with Crippen molar-refractivity contribution >= 4 is 23.7 Å². The molecule has 0 aliphatic carbocycles. The number of rotatable bonds is 10. The largest absolute Gasteiger partial charge is 0.466 e. The van der Waals surface area contributed by atoms with E-state index in [1.807, 2.05) is 30.3 Å². The molecule has 0 radical (unpaired) electrons. The molecule has 3 amide bonds. The van der Waals surface area contributed by atoms with Crippen molar-refractivity contribution in [2.24, 2.45) is 11.7 Å². The van der Waals surface area contributed by atoms with Gasteiger partial charge in [-0.3, -0.25) is 19.2 Å². The average molecular weight is 377 g/mol. The number of hydrogen-bond donors (Lipinski definition) is 3. The van der Waals surface area contributed by atoms with Crippen LogP contribution < -0.4 is 16.4 Å². The first-order valence-electron chi connectivity index (χ1n) is 8.81. The van der Waals surface area contributed by atoms with Gasteiger partial charge in [0.2, 0.25) is 17.7 Å². The van der Waals surface area contributed by atoms with E-state index in [-0.39, 0.29) is 25.4 Å². The summed E-state index contributed by atoms with van der Waals surface area (Å²) in [4.78, 5) is 47.6. The predicted octanol–water partition coefficient (Wildman–Crippen LogP) is 0.293. The Morgan fingerprint density at radius 3 is 2.22 bits per heavy atom. The van der Waals surface area contributed by atoms with Gasteiger partial charge in [0.1, 0.15) is 12.1 Å². The van der Waals surface area contributed by atoms with Crippen molar-refractivity contribution in [1.29, 1.82) is 0 Å². The number of benzene rings is 1. The number of nitrogens with two attached hydrogens (primary N) is 1. The van der Waals surface area contributed by atoms with Crippen molar-refractivity contribution in [1.82, 2.24) is 10.6 Å². The smallest absolute Gasteiger partial charge is 0.308 e. The number of carbonyl (C=O) groups excluding carboxylic acids is 4. The first kappa shape index (κ1) is 22.1. The molecule has 0 saturated heterocycles. The molecule has 1 aromatic carbocycles. The van der Waals surface area contributed by atoms with E-state index in [0.29, 0.717) is 0 Å². The van der Waals surface area contributed by atoms with Crippen molar-refractivity contribution in [2.75, 3.05) is 6.61 Å². The zero-order valence-corrected chi connectivity index (χ0v) is 15.9. The maximum Gasteiger partial charge on any atom is 0.308 e. The van der Waals surface area contributed by atoms with Crippen LogP contribution in [0.3, 0.4) is 0 Å². The van der Waals surface area contributed by atoms with Crippen LogP contribution in [0.1, 0.15) is 32.8 Å². The first-order chi connectivity index (χ1) is 12.7. The molecule has 3 atom stereocenters. The molecule has 8 heteroatoms. The second-order valence-corrected chi connectivity index (χ2v) is 6.30. The van der Waals surface area contributed by atoms with Crippen LogP contribution >= 0.6 is 0 Å². The van der Waals surface area contributed by atoms with Crippen LogP contribution in [0.25, 0.3) is 0 Å². The molecule has 0 aliphatic rings. The van der Waals surface area contributed by atoms with E-state index in [0.717, 1.165) is 5.56 Å². The SMILES string of the molecule is CCOC(=O)[C@@H](C)C[C@H](NC(=O)[C@@H](Cc1ccccc1)NC(C)=O)C(N)=O. The Labute approximate surface area is 158 Å². The maximum absolute atomic E-state index is 12.6. The summed E-state index contributed by atoms with van der Waals surface area (Å²) in [7, 11) is 0. The van der Waals surface area contributed by atoms with Crippen molar-refractivity contribution in [3.63, 3.8) is 0 Å². The van der Waals surface area contributed by atoms with Crippen LogP contribution in [-0.2, 0) is 30.3 Å². The van der Waals surface area contributed by atoms with Crippen molar-refractivity contribution in [3.05, 3.63) is 35.9 Å². The Hall–Kier alpha value is -2.90. The van der Waals surface area contributed by atoms with E-state index in [9.17, 15) is 19.2 Å². The summed E-state index contributed by atoms with van der Waals surface area (Å²) in [6.07, 6.45) is 0.267. The summed E-state index contributed by atoms with van der Waals surface area (Å²) in [5.74, 6) is -2.77. The highest BCUT2D eigenvalue weighted by atomic mass is 16.5. The molecule has 0 unspecified atom stereocenters. The second kappa shape index (κ2) is 10.9. The van der Waals surface area contributed by atoms with E-state index >= 15 is 0 Å². The summed E-state index contributed by atoms with van der Waals surface area (Å²) >= 11 is 0. The average Bonchev–Trinajstić information content (AvgIpc) is 2.61. The van der Waals surface area contributed by atoms with E-state index in [1.54, 1.807) is 13.8 Å².